The van der Waals surface area contributed by atoms with Crippen LogP contribution in [-0.2, 0) is 4.74 Å². The number of hydrogen-bond acceptors (Lipinski definition) is 6. The molecule has 0 amide bonds. The van der Waals surface area contributed by atoms with Crippen molar-refractivity contribution in [3.05, 3.63) is 0 Å². The summed E-state index contributed by atoms with van der Waals surface area (Å²) in [5.41, 5.74) is 0. The van der Waals surface area contributed by atoms with Gasteiger partial charge in [0.15, 0.2) is 12.6 Å². The van der Waals surface area contributed by atoms with Crippen LogP contribution in [0.4, 0.5) is 0 Å². The van der Waals surface area contributed by atoms with E-state index in [2.05, 4.69) is 4.74 Å². The first-order valence-electron chi connectivity index (χ1n) is 3.10. The Hall–Kier alpha value is -0.240. The molecule has 1 rings (SSSR count). The number of ether oxygens (including phenoxy) is 1. The molecule has 0 aromatic carbocycles. The lowest BCUT2D eigenvalue weighted by Crippen LogP contribution is -2.57. The van der Waals surface area contributed by atoms with Gasteiger partial charge in [0.25, 0.3) is 0 Å². The average Bonchev–Trinajstić information content (AvgIpc) is 1.97. The highest BCUT2D eigenvalue weighted by atomic mass is 16.7. The molecule has 1 heterocycles. The number of rotatable bonds is 0. The maximum atomic E-state index is 8.89. The monoisotopic (exact) mass is 166 g/mol. The molecule has 0 saturated carbocycles. The Kier molecular flexibility index (Phi) is 2.43. The molecule has 0 aliphatic carbocycles. The molecule has 1 aliphatic rings. The molecule has 0 spiro atoms. The van der Waals surface area contributed by atoms with Crippen molar-refractivity contribution in [1.29, 1.82) is 0 Å². The Labute approximate surface area is 62.3 Å². The largest absolute Gasteiger partial charge is 0.387 e. The van der Waals surface area contributed by atoms with Crippen LogP contribution in [0.1, 0.15) is 0 Å². The van der Waals surface area contributed by atoms with Gasteiger partial charge in [-0.2, -0.15) is 0 Å². The van der Waals surface area contributed by atoms with Crippen molar-refractivity contribution in [3.8, 4) is 0 Å². The summed E-state index contributed by atoms with van der Waals surface area (Å²) in [7, 11) is 0. The summed E-state index contributed by atoms with van der Waals surface area (Å²) < 4.78 is 4.23. The molecule has 0 bridgehead atoms. The molecule has 1 fully saturated rings. The normalized spacial score (nSPS) is 52.6. The Morgan fingerprint density at radius 2 is 1.00 bits per heavy atom. The maximum Gasteiger partial charge on any atom is 0.186 e. The van der Waals surface area contributed by atoms with E-state index in [0.717, 1.165) is 0 Å². The second-order valence-corrected chi connectivity index (χ2v) is 2.39. The van der Waals surface area contributed by atoms with Crippen LogP contribution in [0.25, 0.3) is 0 Å². The van der Waals surface area contributed by atoms with Gasteiger partial charge in [0.05, 0.1) is 0 Å². The van der Waals surface area contributed by atoms with Crippen molar-refractivity contribution in [2.75, 3.05) is 0 Å². The van der Waals surface area contributed by atoms with E-state index < -0.39 is 30.9 Å². The van der Waals surface area contributed by atoms with Crippen LogP contribution >= 0.6 is 0 Å². The van der Waals surface area contributed by atoms with Crippen LogP contribution in [0.5, 0.6) is 0 Å². The summed E-state index contributed by atoms with van der Waals surface area (Å²) in [6.07, 6.45) is -8.10. The SMILES string of the molecule is OC1O[C@@H](O)[C@H](O)C(O)[C@@H]1O. The first-order valence-corrected chi connectivity index (χ1v) is 3.10. The maximum absolute atomic E-state index is 8.89. The summed E-state index contributed by atoms with van der Waals surface area (Å²) in [6.45, 7) is 0. The van der Waals surface area contributed by atoms with Crippen LogP contribution in [0, 0.1) is 0 Å². The fraction of sp³-hybridized carbons (Fsp3) is 1.00. The summed E-state index contributed by atoms with van der Waals surface area (Å²) >= 11 is 0. The van der Waals surface area contributed by atoms with Gasteiger partial charge in [0.2, 0.25) is 0 Å². The predicted octanol–water partition coefficient (Wildman–Crippen LogP) is -3.26. The second-order valence-electron chi connectivity index (χ2n) is 2.39. The minimum absolute atomic E-state index is 1.59. The molecule has 1 aliphatic heterocycles. The van der Waals surface area contributed by atoms with Crippen LogP contribution in [-0.4, -0.2) is 56.4 Å². The average molecular weight is 166 g/mol. The molecule has 5 N–H and O–H groups in total. The van der Waals surface area contributed by atoms with Gasteiger partial charge in [-0.05, 0) is 0 Å². The van der Waals surface area contributed by atoms with Crippen molar-refractivity contribution in [2.45, 2.75) is 30.9 Å². The van der Waals surface area contributed by atoms with Crippen LogP contribution < -0.4 is 0 Å². The van der Waals surface area contributed by atoms with E-state index in [0.29, 0.717) is 0 Å². The zero-order chi connectivity index (χ0) is 8.59. The first kappa shape index (κ1) is 8.85. The summed E-state index contributed by atoms with van der Waals surface area (Å²) in [4.78, 5) is 0. The third-order valence-electron chi connectivity index (χ3n) is 1.56. The van der Waals surface area contributed by atoms with Gasteiger partial charge in [-0.1, -0.05) is 0 Å². The third-order valence-corrected chi connectivity index (χ3v) is 1.56. The van der Waals surface area contributed by atoms with Gasteiger partial charge in [-0.3, -0.25) is 0 Å². The summed E-state index contributed by atoms with van der Waals surface area (Å²) in [5.74, 6) is 0. The van der Waals surface area contributed by atoms with Crippen LogP contribution in [0.15, 0.2) is 0 Å². The minimum Gasteiger partial charge on any atom is -0.387 e. The Bertz CT molecular complexity index is 125. The molecule has 0 aromatic heterocycles. The fourth-order valence-electron chi connectivity index (χ4n) is 0.843. The van der Waals surface area contributed by atoms with E-state index in [1.165, 1.54) is 0 Å². The zero-order valence-electron chi connectivity index (χ0n) is 5.53. The van der Waals surface area contributed by atoms with Gasteiger partial charge in [0, 0.05) is 0 Å². The molecule has 11 heavy (non-hydrogen) atoms. The topological polar surface area (TPSA) is 110 Å². The van der Waals surface area contributed by atoms with E-state index in [9.17, 15) is 0 Å². The van der Waals surface area contributed by atoms with E-state index in [1.54, 1.807) is 0 Å². The quantitative estimate of drug-likeness (QED) is 0.258. The molecule has 5 atom stereocenters. The molecule has 6 nitrogen and oxygen atoms in total. The van der Waals surface area contributed by atoms with E-state index in [-0.39, 0.29) is 0 Å². The van der Waals surface area contributed by atoms with Gasteiger partial charge in [-0.15, -0.1) is 0 Å². The molecule has 2 unspecified atom stereocenters. The van der Waals surface area contributed by atoms with Gasteiger partial charge in [-0.25, -0.2) is 0 Å². The third kappa shape index (κ3) is 1.51. The van der Waals surface area contributed by atoms with Crippen molar-refractivity contribution in [3.63, 3.8) is 0 Å². The Morgan fingerprint density at radius 1 is 0.636 bits per heavy atom. The van der Waals surface area contributed by atoms with E-state index in [4.69, 9.17) is 25.5 Å². The standard InChI is InChI=1S/C5H10O6/c6-1-2(7)4(9)11-5(10)3(1)8/h1-10H/t1?,2-,3+,4-,5?/m1/s1. The second kappa shape index (κ2) is 3.02. The smallest absolute Gasteiger partial charge is 0.186 e. The van der Waals surface area contributed by atoms with Crippen molar-refractivity contribution < 1.29 is 30.3 Å². The van der Waals surface area contributed by atoms with Gasteiger partial charge >= 0.3 is 0 Å². The van der Waals surface area contributed by atoms with E-state index >= 15 is 0 Å². The first-order chi connectivity index (χ1) is 5.04. The highest BCUT2D eigenvalue weighted by Crippen LogP contribution is 2.17. The molecular weight excluding hydrogens is 156 g/mol. The molecular formula is C5H10O6. The fourth-order valence-corrected chi connectivity index (χ4v) is 0.843. The number of aliphatic hydroxyl groups excluding tert-OH is 5. The molecule has 1 saturated heterocycles. The Balaban J connectivity index is 2.63. The number of hydrogen-bond donors (Lipinski definition) is 5. The van der Waals surface area contributed by atoms with Crippen molar-refractivity contribution in [1.82, 2.24) is 0 Å². The van der Waals surface area contributed by atoms with Gasteiger partial charge in [0.1, 0.15) is 18.3 Å². The van der Waals surface area contributed by atoms with Crippen molar-refractivity contribution >= 4 is 0 Å². The van der Waals surface area contributed by atoms with Crippen molar-refractivity contribution in [2.24, 2.45) is 0 Å². The lowest BCUT2D eigenvalue weighted by molar-refractivity contribution is -0.328. The van der Waals surface area contributed by atoms with Crippen LogP contribution in [0.2, 0.25) is 0 Å². The zero-order valence-corrected chi connectivity index (χ0v) is 5.53. The summed E-state index contributed by atoms with van der Waals surface area (Å²) in [5, 5.41) is 44.0. The predicted molar refractivity (Wildman–Crippen MR) is 31.1 cm³/mol. The molecule has 66 valence electrons. The summed E-state index contributed by atoms with van der Waals surface area (Å²) in [6, 6.07) is 0. The van der Waals surface area contributed by atoms with E-state index in [1.807, 2.05) is 0 Å². The number of aliphatic hydroxyl groups is 5. The minimum atomic E-state index is -1.66. The lowest BCUT2D eigenvalue weighted by atomic mass is 10.0. The lowest BCUT2D eigenvalue weighted by Gasteiger charge is -2.35. The highest BCUT2D eigenvalue weighted by Gasteiger charge is 2.42. The molecule has 0 aromatic rings. The van der Waals surface area contributed by atoms with Gasteiger partial charge < -0.3 is 30.3 Å². The highest BCUT2D eigenvalue weighted by molar-refractivity contribution is 4.83. The Morgan fingerprint density at radius 3 is 1.36 bits per heavy atom. The van der Waals surface area contributed by atoms with Crippen LogP contribution in [0.3, 0.4) is 0 Å². The molecule has 0 radical (unpaired) electrons. The molecule has 6 heteroatoms.